The summed E-state index contributed by atoms with van der Waals surface area (Å²) in [6.07, 6.45) is 2.24. The molecule has 22 heavy (non-hydrogen) atoms. The largest absolute Gasteiger partial charge is 0.380 e. The van der Waals surface area contributed by atoms with E-state index in [0.717, 1.165) is 43.3 Å². The van der Waals surface area contributed by atoms with E-state index in [1.165, 1.54) is 11.1 Å². The predicted molar refractivity (Wildman–Crippen MR) is 88.4 cm³/mol. The maximum Gasteiger partial charge on any atom is 0.136 e. The first-order valence-electron chi connectivity index (χ1n) is 7.83. The second kappa shape index (κ2) is 6.44. The third kappa shape index (κ3) is 3.12. The molecule has 0 aliphatic carbocycles. The van der Waals surface area contributed by atoms with Gasteiger partial charge in [0, 0.05) is 37.9 Å². The van der Waals surface area contributed by atoms with Crippen LogP contribution in [0.5, 0.6) is 0 Å². The monoisotopic (exact) mass is 297 g/mol. The second-order valence-corrected chi connectivity index (χ2v) is 5.91. The summed E-state index contributed by atoms with van der Waals surface area (Å²) < 4.78 is 5.50. The fourth-order valence-corrected chi connectivity index (χ4v) is 3.10. The van der Waals surface area contributed by atoms with Crippen molar-refractivity contribution in [2.24, 2.45) is 0 Å². The third-order valence-corrected chi connectivity index (χ3v) is 4.31. The highest BCUT2D eigenvalue weighted by Crippen LogP contribution is 2.27. The minimum atomic E-state index is 0.306. The number of benzene rings is 1. The average Bonchev–Trinajstić information content (AvgIpc) is 2.99. The van der Waals surface area contributed by atoms with Gasteiger partial charge in [-0.2, -0.15) is 0 Å². The van der Waals surface area contributed by atoms with E-state index in [1.807, 2.05) is 13.0 Å². The van der Waals surface area contributed by atoms with Crippen molar-refractivity contribution in [1.82, 2.24) is 9.97 Å². The zero-order chi connectivity index (χ0) is 15.5. The molecule has 0 N–H and O–H groups in total. The molecule has 1 atom stereocenters. The summed E-state index contributed by atoms with van der Waals surface area (Å²) in [4.78, 5) is 11.7. The lowest BCUT2D eigenvalue weighted by Crippen LogP contribution is -2.25. The number of aryl methyl sites for hydroxylation is 2. The SMILES string of the molecule is COC1CCN(c2nc(C)nc(C)c2Cc2ccccc2)C1. The first-order chi connectivity index (χ1) is 10.7. The zero-order valence-corrected chi connectivity index (χ0v) is 13.5. The lowest BCUT2D eigenvalue weighted by Gasteiger charge is -2.22. The molecular formula is C18H23N3O. The minimum Gasteiger partial charge on any atom is -0.380 e. The Bertz CT molecular complexity index is 642. The molecule has 2 heterocycles. The summed E-state index contributed by atoms with van der Waals surface area (Å²) in [5.41, 5.74) is 3.60. The van der Waals surface area contributed by atoms with Gasteiger partial charge in [0.15, 0.2) is 0 Å². The highest BCUT2D eigenvalue weighted by Gasteiger charge is 2.26. The van der Waals surface area contributed by atoms with Crippen LogP contribution in [0.3, 0.4) is 0 Å². The number of rotatable bonds is 4. The van der Waals surface area contributed by atoms with Crippen LogP contribution in [0.15, 0.2) is 30.3 Å². The number of hydrogen-bond donors (Lipinski definition) is 0. The Morgan fingerprint density at radius 2 is 1.95 bits per heavy atom. The molecule has 1 saturated heterocycles. The van der Waals surface area contributed by atoms with E-state index in [9.17, 15) is 0 Å². The van der Waals surface area contributed by atoms with E-state index in [4.69, 9.17) is 9.72 Å². The molecule has 4 heteroatoms. The van der Waals surface area contributed by atoms with Crippen molar-refractivity contribution < 1.29 is 4.74 Å². The van der Waals surface area contributed by atoms with E-state index in [0.29, 0.717) is 6.10 Å². The van der Waals surface area contributed by atoms with Crippen LogP contribution < -0.4 is 4.90 Å². The van der Waals surface area contributed by atoms with Gasteiger partial charge in [-0.25, -0.2) is 9.97 Å². The smallest absolute Gasteiger partial charge is 0.136 e. The van der Waals surface area contributed by atoms with Gasteiger partial charge in [-0.3, -0.25) is 0 Å². The topological polar surface area (TPSA) is 38.2 Å². The van der Waals surface area contributed by atoms with Gasteiger partial charge in [-0.15, -0.1) is 0 Å². The van der Waals surface area contributed by atoms with Crippen LogP contribution in [0.2, 0.25) is 0 Å². The first kappa shape index (κ1) is 15.0. The van der Waals surface area contributed by atoms with E-state index in [-0.39, 0.29) is 0 Å². The fraction of sp³-hybridized carbons (Fsp3) is 0.444. The van der Waals surface area contributed by atoms with Crippen molar-refractivity contribution in [3.05, 3.63) is 53.0 Å². The summed E-state index contributed by atoms with van der Waals surface area (Å²) in [6.45, 7) is 5.96. The van der Waals surface area contributed by atoms with E-state index in [1.54, 1.807) is 7.11 Å². The van der Waals surface area contributed by atoms with Crippen molar-refractivity contribution in [2.75, 3.05) is 25.1 Å². The number of ether oxygens (including phenoxy) is 1. The molecule has 4 nitrogen and oxygen atoms in total. The standard InChI is InChI=1S/C18H23N3O/c1-13-17(11-15-7-5-4-6-8-15)18(20-14(2)19-13)21-10-9-16(12-21)22-3/h4-8,16H,9-12H2,1-3H3. The molecule has 1 unspecified atom stereocenters. The van der Waals surface area contributed by atoms with Crippen LogP contribution in [0, 0.1) is 13.8 Å². The van der Waals surface area contributed by atoms with Crippen LogP contribution in [-0.2, 0) is 11.2 Å². The fourth-order valence-electron chi connectivity index (χ4n) is 3.10. The van der Waals surface area contributed by atoms with Crippen LogP contribution in [0.4, 0.5) is 5.82 Å². The Morgan fingerprint density at radius 3 is 2.64 bits per heavy atom. The van der Waals surface area contributed by atoms with Crippen molar-refractivity contribution in [3.63, 3.8) is 0 Å². The maximum absolute atomic E-state index is 5.50. The van der Waals surface area contributed by atoms with Gasteiger partial charge in [-0.05, 0) is 25.8 Å². The van der Waals surface area contributed by atoms with E-state index >= 15 is 0 Å². The Morgan fingerprint density at radius 1 is 1.18 bits per heavy atom. The Balaban J connectivity index is 1.94. The molecule has 0 spiro atoms. The van der Waals surface area contributed by atoms with Gasteiger partial charge < -0.3 is 9.64 Å². The molecule has 1 aliphatic heterocycles. The average molecular weight is 297 g/mol. The highest BCUT2D eigenvalue weighted by atomic mass is 16.5. The molecule has 0 saturated carbocycles. The van der Waals surface area contributed by atoms with Gasteiger partial charge in [0.1, 0.15) is 11.6 Å². The molecule has 0 amide bonds. The van der Waals surface area contributed by atoms with Crippen molar-refractivity contribution >= 4 is 5.82 Å². The molecule has 1 aromatic carbocycles. The number of nitrogens with zero attached hydrogens (tertiary/aromatic N) is 3. The zero-order valence-electron chi connectivity index (χ0n) is 13.5. The van der Waals surface area contributed by atoms with Crippen molar-refractivity contribution in [1.29, 1.82) is 0 Å². The first-order valence-corrected chi connectivity index (χ1v) is 7.83. The van der Waals surface area contributed by atoms with E-state index < -0.39 is 0 Å². The third-order valence-electron chi connectivity index (χ3n) is 4.31. The Kier molecular flexibility index (Phi) is 4.39. The lowest BCUT2D eigenvalue weighted by molar-refractivity contribution is 0.121. The van der Waals surface area contributed by atoms with Gasteiger partial charge in [0.25, 0.3) is 0 Å². The number of aromatic nitrogens is 2. The van der Waals surface area contributed by atoms with Gasteiger partial charge >= 0.3 is 0 Å². The quantitative estimate of drug-likeness (QED) is 0.870. The van der Waals surface area contributed by atoms with Crippen LogP contribution in [0.1, 0.15) is 29.1 Å². The van der Waals surface area contributed by atoms with E-state index in [2.05, 4.69) is 41.1 Å². The minimum absolute atomic E-state index is 0.306. The highest BCUT2D eigenvalue weighted by molar-refractivity contribution is 5.52. The summed E-state index contributed by atoms with van der Waals surface area (Å²) in [5, 5.41) is 0. The molecule has 2 aromatic rings. The predicted octanol–water partition coefficient (Wildman–Crippen LogP) is 2.91. The van der Waals surface area contributed by atoms with Crippen LogP contribution in [0.25, 0.3) is 0 Å². The van der Waals surface area contributed by atoms with Gasteiger partial charge in [-0.1, -0.05) is 30.3 Å². The second-order valence-electron chi connectivity index (χ2n) is 5.91. The van der Waals surface area contributed by atoms with Crippen LogP contribution >= 0.6 is 0 Å². The normalized spacial score (nSPS) is 18.0. The Labute approximate surface area is 132 Å². The maximum atomic E-state index is 5.50. The molecule has 116 valence electrons. The summed E-state index contributed by atoms with van der Waals surface area (Å²) in [5.74, 6) is 1.92. The lowest BCUT2D eigenvalue weighted by atomic mass is 10.0. The molecule has 0 radical (unpaired) electrons. The van der Waals surface area contributed by atoms with Crippen molar-refractivity contribution in [2.45, 2.75) is 32.8 Å². The van der Waals surface area contributed by atoms with Crippen LogP contribution in [-0.4, -0.2) is 36.3 Å². The Hall–Kier alpha value is -1.94. The molecule has 1 aromatic heterocycles. The van der Waals surface area contributed by atoms with Crippen molar-refractivity contribution in [3.8, 4) is 0 Å². The molecular weight excluding hydrogens is 274 g/mol. The molecule has 1 aliphatic rings. The molecule has 3 rings (SSSR count). The summed E-state index contributed by atoms with van der Waals surface area (Å²) in [6, 6.07) is 10.5. The number of hydrogen-bond acceptors (Lipinski definition) is 4. The molecule has 0 bridgehead atoms. The van der Waals surface area contributed by atoms with Gasteiger partial charge in [0.2, 0.25) is 0 Å². The summed E-state index contributed by atoms with van der Waals surface area (Å²) in [7, 11) is 1.79. The number of anilines is 1. The van der Waals surface area contributed by atoms with Gasteiger partial charge in [0.05, 0.1) is 6.10 Å². The molecule has 1 fully saturated rings. The number of methoxy groups -OCH3 is 1. The summed E-state index contributed by atoms with van der Waals surface area (Å²) >= 11 is 0.